The van der Waals surface area contributed by atoms with Crippen LogP contribution < -0.4 is 19.3 Å². The van der Waals surface area contributed by atoms with E-state index in [1.807, 2.05) is 14.1 Å². The van der Waals surface area contributed by atoms with Crippen LogP contribution in [-0.2, 0) is 9.53 Å². The molecule has 1 saturated heterocycles. The van der Waals surface area contributed by atoms with E-state index in [0.717, 1.165) is 25.9 Å². The lowest BCUT2D eigenvalue weighted by Crippen LogP contribution is -2.23. The van der Waals surface area contributed by atoms with Crippen LogP contribution in [-0.4, -0.2) is 72.0 Å². The van der Waals surface area contributed by atoms with Crippen LogP contribution in [0.15, 0.2) is 12.1 Å². The van der Waals surface area contributed by atoms with Crippen molar-refractivity contribution in [2.24, 2.45) is 0 Å². The molecule has 0 radical (unpaired) electrons. The summed E-state index contributed by atoms with van der Waals surface area (Å²) in [5, 5.41) is 7.74. The van der Waals surface area contributed by atoms with E-state index >= 15 is 0 Å². The van der Waals surface area contributed by atoms with Gasteiger partial charge in [0.05, 0.1) is 7.11 Å². The van der Waals surface area contributed by atoms with Crippen LogP contribution in [0.25, 0.3) is 0 Å². The van der Waals surface area contributed by atoms with Crippen molar-refractivity contribution < 1.29 is 19.0 Å². The zero-order chi connectivity index (χ0) is 19.2. The molecule has 0 spiro atoms. The molecule has 1 fully saturated rings. The lowest BCUT2D eigenvalue weighted by atomic mass is 10.4. The van der Waals surface area contributed by atoms with Gasteiger partial charge in [0.25, 0.3) is 0 Å². The Hall–Kier alpha value is -3.24. The molecule has 11 heteroatoms. The van der Waals surface area contributed by atoms with Gasteiger partial charge in [-0.1, -0.05) is 0 Å². The molecule has 1 aliphatic rings. The number of hydrogen-bond donors (Lipinski definition) is 0. The zero-order valence-electron chi connectivity index (χ0n) is 15.5. The number of aromatic nitrogens is 5. The first-order chi connectivity index (χ1) is 13.0. The van der Waals surface area contributed by atoms with E-state index in [2.05, 4.69) is 34.8 Å². The standard InChI is InChI=1S/C16H21N7O4/c1-22(2)14-17-15(23-8-4-5-9-23)19-16(18-14)27-12-7-6-11(20-21-12)26-10-13(24)25-3/h6-7H,4-5,8-10H2,1-3H3. The molecule has 0 aliphatic carbocycles. The Kier molecular flexibility index (Phi) is 5.79. The Morgan fingerprint density at radius 1 is 1.11 bits per heavy atom. The summed E-state index contributed by atoms with van der Waals surface area (Å²) in [6.07, 6.45) is 2.22. The van der Waals surface area contributed by atoms with Crippen LogP contribution in [0.1, 0.15) is 12.8 Å². The first-order valence-electron chi connectivity index (χ1n) is 8.44. The summed E-state index contributed by atoms with van der Waals surface area (Å²) in [6.45, 7) is 1.56. The summed E-state index contributed by atoms with van der Waals surface area (Å²) in [5.41, 5.74) is 0. The maximum absolute atomic E-state index is 11.1. The highest BCUT2D eigenvalue weighted by molar-refractivity contribution is 5.70. The zero-order valence-corrected chi connectivity index (χ0v) is 15.5. The van der Waals surface area contributed by atoms with Gasteiger partial charge in [-0.15, -0.1) is 10.2 Å². The van der Waals surface area contributed by atoms with Gasteiger partial charge >= 0.3 is 12.0 Å². The number of ether oxygens (including phenoxy) is 3. The largest absolute Gasteiger partial charge is 0.466 e. The SMILES string of the molecule is COC(=O)COc1ccc(Oc2nc(N(C)C)nc(N3CCCC3)n2)nn1. The van der Waals surface area contributed by atoms with E-state index in [1.165, 1.54) is 13.2 Å². The average molecular weight is 375 g/mol. The second-order valence-electron chi connectivity index (χ2n) is 5.98. The Balaban J connectivity index is 1.73. The third kappa shape index (κ3) is 4.90. The monoisotopic (exact) mass is 375 g/mol. The molecular weight excluding hydrogens is 354 g/mol. The van der Waals surface area contributed by atoms with Gasteiger partial charge in [-0.25, -0.2) is 4.79 Å². The highest BCUT2D eigenvalue weighted by Gasteiger charge is 2.19. The van der Waals surface area contributed by atoms with Crippen molar-refractivity contribution in [2.75, 3.05) is 50.7 Å². The maximum Gasteiger partial charge on any atom is 0.343 e. The van der Waals surface area contributed by atoms with Crippen LogP contribution in [0.5, 0.6) is 17.8 Å². The van der Waals surface area contributed by atoms with E-state index < -0.39 is 5.97 Å². The van der Waals surface area contributed by atoms with Crippen molar-refractivity contribution >= 4 is 17.9 Å². The molecule has 0 bridgehead atoms. The number of carbonyl (C=O) groups is 1. The van der Waals surface area contributed by atoms with Crippen molar-refractivity contribution in [1.82, 2.24) is 25.1 Å². The molecule has 3 rings (SSSR count). The molecular formula is C16H21N7O4. The number of hydrogen-bond acceptors (Lipinski definition) is 11. The third-order valence-electron chi connectivity index (χ3n) is 3.76. The van der Waals surface area contributed by atoms with Gasteiger partial charge in [0.1, 0.15) is 0 Å². The maximum atomic E-state index is 11.1. The van der Waals surface area contributed by atoms with E-state index in [9.17, 15) is 4.79 Å². The van der Waals surface area contributed by atoms with E-state index in [4.69, 9.17) is 9.47 Å². The summed E-state index contributed by atoms with van der Waals surface area (Å²) >= 11 is 0. The quantitative estimate of drug-likeness (QED) is 0.636. The molecule has 0 unspecified atom stereocenters. The summed E-state index contributed by atoms with van der Waals surface area (Å²) in [4.78, 5) is 28.1. The van der Waals surface area contributed by atoms with E-state index in [1.54, 1.807) is 11.0 Å². The molecule has 3 heterocycles. The summed E-state index contributed by atoms with van der Waals surface area (Å²) in [7, 11) is 4.97. The van der Waals surface area contributed by atoms with Gasteiger partial charge in [0.2, 0.25) is 23.7 Å². The number of esters is 1. The first-order valence-corrected chi connectivity index (χ1v) is 8.44. The van der Waals surface area contributed by atoms with Crippen LogP contribution in [0.2, 0.25) is 0 Å². The molecule has 1 aliphatic heterocycles. The van der Waals surface area contributed by atoms with Crippen LogP contribution in [0.4, 0.5) is 11.9 Å². The fourth-order valence-electron chi connectivity index (χ4n) is 2.36. The molecule has 144 valence electrons. The van der Waals surface area contributed by atoms with Gasteiger partial charge in [-0.05, 0) is 12.8 Å². The van der Waals surface area contributed by atoms with E-state index in [0.29, 0.717) is 11.9 Å². The smallest absolute Gasteiger partial charge is 0.343 e. The van der Waals surface area contributed by atoms with Gasteiger partial charge in [-0.3, -0.25) is 0 Å². The lowest BCUT2D eigenvalue weighted by Gasteiger charge is -2.18. The van der Waals surface area contributed by atoms with Crippen LogP contribution in [0, 0.1) is 0 Å². The predicted molar refractivity (Wildman–Crippen MR) is 95.2 cm³/mol. The molecule has 27 heavy (non-hydrogen) atoms. The second kappa shape index (κ2) is 8.43. The van der Waals surface area contributed by atoms with Crippen molar-refractivity contribution in [3.8, 4) is 17.8 Å². The summed E-state index contributed by atoms with van der Waals surface area (Å²) in [6, 6.07) is 3.21. The number of nitrogens with zero attached hydrogens (tertiary/aromatic N) is 7. The highest BCUT2D eigenvalue weighted by Crippen LogP contribution is 2.23. The fraction of sp³-hybridized carbons (Fsp3) is 0.500. The Labute approximate surface area is 156 Å². The molecule has 11 nitrogen and oxygen atoms in total. The minimum atomic E-state index is -0.507. The minimum Gasteiger partial charge on any atom is -0.466 e. The number of rotatable bonds is 7. The lowest BCUT2D eigenvalue weighted by molar-refractivity contribution is -0.143. The van der Waals surface area contributed by atoms with Crippen molar-refractivity contribution in [2.45, 2.75) is 12.8 Å². The Morgan fingerprint density at radius 2 is 1.81 bits per heavy atom. The molecule has 2 aromatic rings. The van der Waals surface area contributed by atoms with Crippen LogP contribution in [0.3, 0.4) is 0 Å². The number of methoxy groups -OCH3 is 1. The van der Waals surface area contributed by atoms with Crippen molar-refractivity contribution in [3.63, 3.8) is 0 Å². The molecule has 0 aromatic carbocycles. The topological polar surface area (TPSA) is 116 Å². The van der Waals surface area contributed by atoms with Gasteiger partial charge < -0.3 is 24.0 Å². The normalized spacial score (nSPS) is 13.4. The van der Waals surface area contributed by atoms with Crippen molar-refractivity contribution in [3.05, 3.63) is 12.1 Å². The highest BCUT2D eigenvalue weighted by atomic mass is 16.6. The summed E-state index contributed by atoms with van der Waals surface area (Å²) in [5.74, 6) is 0.937. The number of anilines is 2. The molecule has 0 saturated carbocycles. The molecule has 0 N–H and O–H groups in total. The van der Waals surface area contributed by atoms with Gasteiger partial charge in [0, 0.05) is 39.3 Å². The van der Waals surface area contributed by atoms with Crippen LogP contribution >= 0.6 is 0 Å². The second-order valence-corrected chi connectivity index (χ2v) is 5.98. The Morgan fingerprint density at radius 3 is 2.44 bits per heavy atom. The number of carbonyl (C=O) groups excluding carboxylic acids is 1. The molecule has 0 amide bonds. The Bertz CT molecular complexity index is 779. The van der Waals surface area contributed by atoms with Crippen molar-refractivity contribution in [1.29, 1.82) is 0 Å². The average Bonchev–Trinajstić information content (AvgIpc) is 3.21. The van der Waals surface area contributed by atoms with Gasteiger partial charge in [-0.2, -0.15) is 15.0 Å². The summed E-state index contributed by atoms with van der Waals surface area (Å²) < 4.78 is 15.3. The minimum absolute atomic E-state index is 0.133. The fourth-order valence-corrected chi connectivity index (χ4v) is 2.36. The molecule has 0 atom stereocenters. The first kappa shape index (κ1) is 18.5. The molecule has 2 aromatic heterocycles. The third-order valence-corrected chi connectivity index (χ3v) is 3.76. The van der Waals surface area contributed by atoms with Gasteiger partial charge in [0.15, 0.2) is 6.61 Å². The predicted octanol–water partition coefficient (Wildman–Crippen LogP) is 0.672. The van der Waals surface area contributed by atoms with E-state index in [-0.39, 0.29) is 24.4 Å².